The van der Waals surface area contributed by atoms with Gasteiger partial charge in [0.1, 0.15) is 48.8 Å². The summed E-state index contributed by atoms with van der Waals surface area (Å²) in [5.74, 6) is -0.258. The van der Waals surface area contributed by atoms with Gasteiger partial charge in [-0.25, -0.2) is 0 Å². The summed E-state index contributed by atoms with van der Waals surface area (Å²) in [5.41, 5.74) is 0. The molecule has 2 heterocycles. The molecule has 2 rings (SSSR count). The van der Waals surface area contributed by atoms with Crippen molar-refractivity contribution in [1.29, 1.82) is 0 Å². The third kappa shape index (κ3) is 43.9. The molecule has 0 radical (unpaired) electrons. The third-order valence-corrected chi connectivity index (χ3v) is 16.9. The van der Waals surface area contributed by atoms with Gasteiger partial charge in [0.05, 0.1) is 32.0 Å². The van der Waals surface area contributed by atoms with Gasteiger partial charge in [0.25, 0.3) is 0 Å². The normalized spacial score (nSPS) is 23.5. The first-order valence-electron chi connectivity index (χ1n) is 36.3. The first-order valence-corrected chi connectivity index (χ1v) is 36.3. The predicted molar refractivity (Wildman–Crippen MR) is 373 cm³/mol. The summed E-state index contributed by atoms with van der Waals surface area (Å²) < 4.78 is 22.8. The van der Waals surface area contributed by atoms with Crippen molar-refractivity contribution in [1.82, 2.24) is 5.32 Å². The van der Waals surface area contributed by atoms with Gasteiger partial charge in [0, 0.05) is 6.42 Å². The molecule has 0 aromatic rings. The molecule has 2 saturated heterocycles. The second-order valence-corrected chi connectivity index (χ2v) is 25.0. The van der Waals surface area contributed by atoms with Gasteiger partial charge in [0.2, 0.25) is 5.91 Å². The van der Waals surface area contributed by atoms with Crippen molar-refractivity contribution in [3.05, 3.63) is 122 Å². The molecule has 1 amide bonds. The monoisotopic (exact) mass is 1280 g/mol. The van der Waals surface area contributed by atoms with E-state index in [9.17, 15) is 45.6 Å². The van der Waals surface area contributed by atoms with E-state index in [1.807, 2.05) is 6.08 Å². The van der Waals surface area contributed by atoms with Gasteiger partial charge in [-0.2, -0.15) is 0 Å². The Hall–Kier alpha value is -3.61. The molecule has 12 atom stereocenters. The highest BCUT2D eigenvalue weighted by molar-refractivity contribution is 5.76. The Morgan fingerprint density at radius 3 is 1.21 bits per heavy atom. The summed E-state index contributed by atoms with van der Waals surface area (Å²) in [7, 11) is 0. The molecule has 0 spiro atoms. The molecule has 2 fully saturated rings. The Morgan fingerprint density at radius 2 is 0.769 bits per heavy atom. The second-order valence-electron chi connectivity index (χ2n) is 25.0. The van der Waals surface area contributed by atoms with Crippen molar-refractivity contribution in [3.8, 4) is 0 Å². The van der Waals surface area contributed by atoms with Gasteiger partial charge in [-0.15, -0.1) is 0 Å². The fraction of sp³-hybridized carbons (Fsp3) is 0.727. The van der Waals surface area contributed by atoms with Gasteiger partial charge in [0.15, 0.2) is 12.6 Å². The van der Waals surface area contributed by atoms with Crippen LogP contribution in [-0.2, 0) is 23.7 Å². The Labute approximate surface area is 552 Å². The highest BCUT2D eigenvalue weighted by Gasteiger charge is 2.51. The fourth-order valence-corrected chi connectivity index (χ4v) is 11.1. The van der Waals surface area contributed by atoms with E-state index in [-0.39, 0.29) is 18.9 Å². The van der Waals surface area contributed by atoms with E-state index < -0.39 is 86.8 Å². The molecule has 2 aliphatic rings. The zero-order valence-corrected chi connectivity index (χ0v) is 56.8. The maximum atomic E-state index is 13.3. The SMILES string of the molecule is CC/C=C\C/C=C\C/C=C\C/C=C\C/C=C\C/C=C\C/C=C\CCCCCCCCCCCCCCCC(=O)NC(COC1OC(CO)C(OC2OC(CO)C(O)C(O)C2O)C(O)C1O)C(O)/C=C/CC/C=C/CC/C=C/CCCCCCCCCCCCCC. The van der Waals surface area contributed by atoms with Crippen molar-refractivity contribution >= 4 is 5.91 Å². The van der Waals surface area contributed by atoms with Crippen LogP contribution < -0.4 is 5.32 Å². The third-order valence-electron chi connectivity index (χ3n) is 16.9. The number of aliphatic hydroxyl groups is 8. The molecule has 0 aromatic carbocycles. The second kappa shape index (κ2) is 60.1. The summed E-state index contributed by atoms with van der Waals surface area (Å²) in [6, 6.07) is -0.947. The van der Waals surface area contributed by atoms with Gasteiger partial charge >= 0.3 is 0 Å². The van der Waals surface area contributed by atoms with Crippen molar-refractivity contribution in [3.63, 3.8) is 0 Å². The van der Waals surface area contributed by atoms with E-state index in [0.717, 1.165) is 96.3 Å². The van der Waals surface area contributed by atoms with Gasteiger partial charge in [-0.3, -0.25) is 4.79 Å². The number of unbranched alkanes of at least 4 members (excludes halogenated alkanes) is 27. The lowest BCUT2D eigenvalue weighted by atomic mass is 9.97. The van der Waals surface area contributed by atoms with E-state index in [1.165, 1.54) is 135 Å². The number of aliphatic hydroxyl groups excluding tert-OH is 8. The summed E-state index contributed by atoms with van der Waals surface area (Å²) >= 11 is 0. The maximum absolute atomic E-state index is 13.3. The topological polar surface area (TPSA) is 228 Å². The number of rotatable bonds is 58. The highest BCUT2D eigenvalue weighted by atomic mass is 16.7. The van der Waals surface area contributed by atoms with Crippen molar-refractivity contribution in [2.75, 3.05) is 19.8 Å². The number of hydrogen-bond donors (Lipinski definition) is 9. The van der Waals surface area contributed by atoms with Gasteiger partial charge in [-0.05, 0) is 103 Å². The van der Waals surface area contributed by atoms with Crippen LogP contribution in [0.3, 0.4) is 0 Å². The van der Waals surface area contributed by atoms with Gasteiger partial charge in [-0.1, -0.05) is 277 Å². The summed E-state index contributed by atoms with van der Waals surface area (Å²) in [4.78, 5) is 13.3. The number of nitrogens with one attached hydrogen (secondary N) is 1. The highest BCUT2D eigenvalue weighted by Crippen LogP contribution is 2.30. The number of carbonyl (C=O) groups excluding carboxylic acids is 1. The summed E-state index contributed by atoms with van der Waals surface area (Å²) in [6.45, 7) is 2.67. The zero-order valence-electron chi connectivity index (χ0n) is 56.8. The Kier molecular flexibility index (Phi) is 55.1. The van der Waals surface area contributed by atoms with Crippen LogP contribution in [-0.4, -0.2) is 140 Å². The lowest BCUT2D eigenvalue weighted by molar-refractivity contribution is -0.359. The molecule has 91 heavy (non-hydrogen) atoms. The van der Waals surface area contributed by atoms with Crippen molar-refractivity contribution < 1.29 is 64.6 Å². The summed E-state index contributed by atoms with van der Waals surface area (Å²) in [5, 5.41) is 87.4. The standard InChI is InChI=1S/C77H131NO13/c1-3-5-7-9-11-13-15-17-19-21-23-25-27-28-29-30-31-32-33-34-35-36-37-38-39-41-43-45-47-49-51-53-55-57-59-61-69(82)78-65(64-88-76-74(87)72(85)75(68(63-80)90-76)91-77-73(86)71(84)70(83)67(62-79)89-77)66(81)60-58-56-54-52-50-48-46-44-42-40-26-24-22-20-18-16-14-12-10-8-6-4-2/h5,7,11,13,17,19,23,25,28-29,31-32,34-35,42,44,50,52,58,60,65-68,70-77,79-81,83-87H,3-4,6,8-10,12,14-16,18,20-22,24,26-27,30,33,36-41,43,45-49,51,53-57,59,61-64H2,1-2H3,(H,78,82)/b7-5-,13-11-,19-17-,25-23-,29-28-,32-31-,35-34-,44-42+,52-50+,60-58+. The molecule has 0 aliphatic carbocycles. The minimum atomic E-state index is -1.80. The molecular formula is C77H131NO13. The quantitative estimate of drug-likeness (QED) is 0.0204. The Balaban J connectivity index is 1.67. The van der Waals surface area contributed by atoms with E-state index in [1.54, 1.807) is 6.08 Å². The van der Waals surface area contributed by atoms with Crippen molar-refractivity contribution in [2.45, 2.75) is 338 Å². The molecule has 2 aliphatic heterocycles. The average molecular weight is 1280 g/mol. The minimum absolute atomic E-state index is 0.258. The van der Waals surface area contributed by atoms with Crippen LogP contribution in [0, 0.1) is 0 Å². The average Bonchev–Trinajstić information content (AvgIpc) is 0.888. The molecule has 0 aromatic heterocycles. The molecule has 14 nitrogen and oxygen atoms in total. The largest absolute Gasteiger partial charge is 0.394 e. The molecule has 9 N–H and O–H groups in total. The van der Waals surface area contributed by atoms with E-state index in [4.69, 9.17) is 18.9 Å². The smallest absolute Gasteiger partial charge is 0.220 e. The predicted octanol–water partition coefficient (Wildman–Crippen LogP) is 15.3. The van der Waals surface area contributed by atoms with Gasteiger partial charge < -0.3 is 65.1 Å². The van der Waals surface area contributed by atoms with E-state index in [0.29, 0.717) is 12.8 Å². The van der Waals surface area contributed by atoms with Crippen LogP contribution in [0.2, 0.25) is 0 Å². The van der Waals surface area contributed by atoms with Crippen LogP contribution in [0.4, 0.5) is 0 Å². The first-order chi connectivity index (χ1) is 44.6. The Bertz CT molecular complexity index is 1990. The molecular weight excluding hydrogens is 1150 g/mol. The number of carbonyl (C=O) groups is 1. The van der Waals surface area contributed by atoms with Crippen LogP contribution in [0.1, 0.15) is 264 Å². The fourth-order valence-electron chi connectivity index (χ4n) is 11.1. The van der Waals surface area contributed by atoms with Crippen LogP contribution in [0.5, 0.6) is 0 Å². The molecule has 0 bridgehead atoms. The molecule has 522 valence electrons. The lowest BCUT2D eigenvalue weighted by Gasteiger charge is -2.46. The van der Waals surface area contributed by atoms with Crippen molar-refractivity contribution in [2.24, 2.45) is 0 Å². The number of hydrogen-bond acceptors (Lipinski definition) is 13. The van der Waals surface area contributed by atoms with Crippen LogP contribution in [0.15, 0.2) is 122 Å². The lowest BCUT2D eigenvalue weighted by Crippen LogP contribution is -2.65. The maximum Gasteiger partial charge on any atom is 0.220 e. The molecule has 0 saturated carbocycles. The summed E-state index contributed by atoms with van der Waals surface area (Å²) in [6.07, 6.45) is 71.1. The Morgan fingerprint density at radius 1 is 0.407 bits per heavy atom. The number of allylic oxidation sites excluding steroid dienone is 19. The van der Waals surface area contributed by atoms with Crippen LogP contribution >= 0.6 is 0 Å². The van der Waals surface area contributed by atoms with Crippen LogP contribution in [0.25, 0.3) is 0 Å². The first kappa shape index (κ1) is 83.5. The number of amides is 1. The minimum Gasteiger partial charge on any atom is -0.394 e. The molecule has 14 heteroatoms. The zero-order chi connectivity index (χ0) is 65.9. The van der Waals surface area contributed by atoms with E-state index in [2.05, 4.69) is 129 Å². The van der Waals surface area contributed by atoms with E-state index >= 15 is 0 Å². The molecule has 12 unspecified atom stereocenters. The number of ether oxygens (including phenoxy) is 4.